The van der Waals surface area contributed by atoms with Crippen LogP contribution in [0, 0.1) is 5.92 Å². The normalized spacial score (nSPS) is 15.9. The van der Waals surface area contributed by atoms with E-state index in [9.17, 15) is 4.79 Å². The number of nitrogens with two attached hydrogens (primary N) is 1. The molecule has 1 atom stereocenters. The summed E-state index contributed by atoms with van der Waals surface area (Å²) in [6.07, 6.45) is 5.40. The van der Waals surface area contributed by atoms with Crippen LogP contribution in [0.1, 0.15) is 42.6 Å². The molecule has 1 unspecified atom stereocenters. The predicted molar refractivity (Wildman–Crippen MR) is 108 cm³/mol. The van der Waals surface area contributed by atoms with Gasteiger partial charge in [0, 0.05) is 42.7 Å². The van der Waals surface area contributed by atoms with Gasteiger partial charge in [0.05, 0.1) is 6.61 Å². The molecule has 1 aliphatic heterocycles. The molecule has 0 saturated carbocycles. The summed E-state index contributed by atoms with van der Waals surface area (Å²) in [6.45, 7) is 6.34. The maximum atomic E-state index is 12.9. The summed E-state index contributed by atoms with van der Waals surface area (Å²) in [5.41, 5.74) is 7.60. The maximum absolute atomic E-state index is 12.9. The van der Waals surface area contributed by atoms with E-state index in [-0.39, 0.29) is 11.9 Å². The molecular weight excluding hydrogens is 354 g/mol. The van der Waals surface area contributed by atoms with Crippen molar-refractivity contribution < 1.29 is 14.3 Å². The second-order valence-electron chi connectivity index (χ2n) is 7.23. The molecule has 28 heavy (non-hydrogen) atoms. The van der Waals surface area contributed by atoms with Gasteiger partial charge in [0.1, 0.15) is 6.61 Å². The molecule has 1 aliphatic rings. The highest BCUT2D eigenvalue weighted by molar-refractivity contribution is 5.95. The Morgan fingerprint density at radius 3 is 2.68 bits per heavy atom. The summed E-state index contributed by atoms with van der Waals surface area (Å²) in [6, 6.07) is 9.40. The standard InChI is InChI=1S/C22H29N3O3/c1-3-27-21-13-19(22(26)25-11-8-18(9-12-25)16(2)23)6-7-20(21)28-15-17-5-4-10-24-14-17/h4-7,10,13-14,16,18H,3,8-9,11-12,15,23H2,1-2H3. The van der Waals surface area contributed by atoms with Gasteiger partial charge in [-0.1, -0.05) is 6.07 Å². The van der Waals surface area contributed by atoms with E-state index < -0.39 is 0 Å². The minimum absolute atomic E-state index is 0.0305. The Morgan fingerprint density at radius 2 is 2.04 bits per heavy atom. The number of nitrogens with zero attached hydrogens (tertiary/aromatic N) is 2. The number of amides is 1. The van der Waals surface area contributed by atoms with Crippen molar-refractivity contribution in [2.24, 2.45) is 11.7 Å². The number of likely N-dealkylation sites (tertiary alicyclic amines) is 1. The minimum atomic E-state index is 0.0305. The first kappa shape index (κ1) is 20.1. The van der Waals surface area contributed by atoms with Crippen LogP contribution in [0.5, 0.6) is 11.5 Å². The fraction of sp³-hybridized carbons (Fsp3) is 0.455. The van der Waals surface area contributed by atoms with Crippen LogP contribution in [0.15, 0.2) is 42.7 Å². The lowest BCUT2D eigenvalue weighted by molar-refractivity contribution is 0.0680. The zero-order chi connectivity index (χ0) is 19.9. The summed E-state index contributed by atoms with van der Waals surface area (Å²) >= 11 is 0. The Morgan fingerprint density at radius 1 is 1.25 bits per heavy atom. The molecule has 0 spiro atoms. The molecule has 2 aromatic rings. The van der Waals surface area contributed by atoms with Crippen molar-refractivity contribution in [3.8, 4) is 11.5 Å². The van der Waals surface area contributed by atoms with Crippen LogP contribution in [0.3, 0.4) is 0 Å². The molecular formula is C22H29N3O3. The topological polar surface area (TPSA) is 77.7 Å². The van der Waals surface area contributed by atoms with Crippen LogP contribution >= 0.6 is 0 Å². The molecule has 6 nitrogen and oxygen atoms in total. The summed E-state index contributed by atoms with van der Waals surface area (Å²) in [4.78, 5) is 18.9. The Kier molecular flexibility index (Phi) is 6.87. The van der Waals surface area contributed by atoms with Crippen LogP contribution in [0.2, 0.25) is 0 Å². The van der Waals surface area contributed by atoms with Gasteiger partial charge in [0.15, 0.2) is 11.5 Å². The quantitative estimate of drug-likeness (QED) is 0.794. The van der Waals surface area contributed by atoms with Gasteiger partial charge in [-0.05, 0) is 56.9 Å². The molecule has 2 heterocycles. The fourth-order valence-electron chi connectivity index (χ4n) is 3.48. The molecule has 1 saturated heterocycles. The molecule has 0 radical (unpaired) electrons. The number of ether oxygens (including phenoxy) is 2. The summed E-state index contributed by atoms with van der Waals surface area (Å²) in [5.74, 6) is 1.73. The number of hydrogen-bond acceptors (Lipinski definition) is 5. The van der Waals surface area contributed by atoms with Gasteiger partial charge < -0.3 is 20.1 Å². The van der Waals surface area contributed by atoms with Gasteiger partial charge in [0.2, 0.25) is 0 Å². The van der Waals surface area contributed by atoms with Crippen LogP contribution in [0.4, 0.5) is 0 Å². The number of pyridine rings is 1. The molecule has 1 aromatic carbocycles. The van der Waals surface area contributed by atoms with Crippen LogP contribution in [-0.2, 0) is 6.61 Å². The molecule has 1 aromatic heterocycles. The van der Waals surface area contributed by atoms with Crippen LogP contribution in [-0.4, -0.2) is 41.5 Å². The second-order valence-corrected chi connectivity index (χ2v) is 7.23. The minimum Gasteiger partial charge on any atom is -0.490 e. The van der Waals surface area contributed by atoms with Gasteiger partial charge in [-0.3, -0.25) is 9.78 Å². The highest BCUT2D eigenvalue weighted by Crippen LogP contribution is 2.30. The molecule has 0 aliphatic carbocycles. The SMILES string of the molecule is CCOc1cc(C(=O)N2CCC(C(C)N)CC2)ccc1OCc1cccnc1. The zero-order valence-corrected chi connectivity index (χ0v) is 16.6. The number of benzene rings is 1. The summed E-state index contributed by atoms with van der Waals surface area (Å²) in [7, 11) is 0. The third-order valence-corrected chi connectivity index (χ3v) is 5.18. The van der Waals surface area contributed by atoms with Gasteiger partial charge in [0.25, 0.3) is 5.91 Å². The van der Waals surface area contributed by atoms with E-state index in [1.165, 1.54) is 0 Å². The Labute approximate surface area is 166 Å². The van der Waals surface area contributed by atoms with E-state index in [0.717, 1.165) is 31.5 Å². The average Bonchev–Trinajstić information content (AvgIpc) is 2.73. The Balaban J connectivity index is 1.68. The monoisotopic (exact) mass is 383 g/mol. The summed E-state index contributed by atoms with van der Waals surface area (Å²) in [5, 5.41) is 0. The van der Waals surface area contributed by atoms with E-state index in [1.54, 1.807) is 24.5 Å². The molecule has 1 fully saturated rings. The fourth-order valence-corrected chi connectivity index (χ4v) is 3.48. The number of piperidine rings is 1. The average molecular weight is 383 g/mol. The van der Waals surface area contributed by atoms with Crippen molar-refractivity contribution >= 4 is 5.91 Å². The third kappa shape index (κ3) is 5.01. The first-order chi connectivity index (χ1) is 13.6. The lowest BCUT2D eigenvalue weighted by Gasteiger charge is -2.33. The first-order valence-electron chi connectivity index (χ1n) is 9.92. The van der Waals surface area contributed by atoms with Crippen LogP contribution < -0.4 is 15.2 Å². The van der Waals surface area contributed by atoms with E-state index in [1.807, 2.05) is 36.9 Å². The second kappa shape index (κ2) is 9.55. The largest absolute Gasteiger partial charge is 0.490 e. The number of carbonyl (C=O) groups excluding carboxylic acids is 1. The molecule has 150 valence electrons. The van der Waals surface area contributed by atoms with Gasteiger partial charge >= 0.3 is 0 Å². The maximum Gasteiger partial charge on any atom is 0.253 e. The van der Waals surface area contributed by atoms with Crippen molar-refractivity contribution in [2.75, 3.05) is 19.7 Å². The van der Waals surface area contributed by atoms with Gasteiger partial charge in [-0.25, -0.2) is 0 Å². The van der Waals surface area contributed by atoms with Crippen molar-refractivity contribution in [1.29, 1.82) is 0 Å². The Hall–Kier alpha value is -2.60. The molecule has 3 rings (SSSR count). The zero-order valence-electron chi connectivity index (χ0n) is 16.6. The molecule has 6 heteroatoms. The van der Waals surface area contributed by atoms with E-state index >= 15 is 0 Å². The highest BCUT2D eigenvalue weighted by atomic mass is 16.5. The molecule has 1 amide bonds. The number of hydrogen-bond donors (Lipinski definition) is 1. The van der Waals surface area contributed by atoms with Crippen molar-refractivity contribution in [2.45, 2.75) is 39.3 Å². The lowest BCUT2D eigenvalue weighted by Crippen LogP contribution is -2.42. The van der Waals surface area contributed by atoms with E-state index in [2.05, 4.69) is 4.98 Å². The first-order valence-corrected chi connectivity index (χ1v) is 9.92. The van der Waals surface area contributed by atoms with E-state index in [4.69, 9.17) is 15.2 Å². The molecule has 0 bridgehead atoms. The van der Waals surface area contributed by atoms with E-state index in [0.29, 0.717) is 36.2 Å². The smallest absolute Gasteiger partial charge is 0.253 e. The highest BCUT2D eigenvalue weighted by Gasteiger charge is 2.26. The van der Waals surface area contributed by atoms with Crippen molar-refractivity contribution in [3.05, 3.63) is 53.9 Å². The lowest BCUT2D eigenvalue weighted by atomic mass is 9.90. The number of rotatable bonds is 7. The van der Waals surface area contributed by atoms with Gasteiger partial charge in [-0.15, -0.1) is 0 Å². The van der Waals surface area contributed by atoms with Crippen molar-refractivity contribution in [3.63, 3.8) is 0 Å². The van der Waals surface area contributed by atoms with Crippen LogP contribution in [0.25, 0.3) is 0 Å². The third-order valence-electron chi connectivity index (χ3n) is 5.18. The number of carbonyl (C=O) groups is 1. The summed E-state index contributed by atoms with van der Waals surface area (Å²) < 4.78 is 11.6. The van der Waals surface area contributed by atoms with Crippen molar-refractivity contribution in [1.82, 2.24) is 9.88 Å². The molecule has 2 N–H and O–H groups in total. The van der Waals surface area contributed by atoms with Gasteiger partial charge in [-0.2, -0.15) is 0 Å². The predicted octanol–water partition coefficient (Wildman–Crippen LogP) is 3.26. The Bertz CT molecular complexity index is 772. The number of aromatic nitrogens is 1.